The lowest BCUT2D eigenvalue weighted by Crippen LogP contribution is -2.31. The molecule has 0 fully saturated rings. The van der Waals surface area contributed by atoms with E-state index in [1.54, 1.807) is 18.3 Å². The van der Waals surface area contributed by atoms with E-state index in [1.165, 1.54) is 4.57 Å². The summed E-state index contributed by atoms with van der Waals surface area (Å²) in [6, 6.07) is 3.51. The van der Waals surface area contributed by atoms with Gasteiger partial charge in [0.2, 0.25) is 5.91 Å². The summed E-state index contributed by atoms with van der Waals surface area (Å²) in [5.41, 5.74) is -0.136. The summed E-state index contributed by atoms with van der Waals surface area (Å²) < 4.78 is 4.19. The van der Waals surface area contributed by atoms with Crippen LogP contribution in [0.5, 0.6) is 0 Å². The van der Waals surface area contributed by atoms with Crippen molar-refractivity contribution in [3.05, 3.63) is 49.5 Å². The number of H-pyrrole nitrogens is 1. The summed E-state index contributed by atoms with van der Waals surface area (Å²) in [6.07, 6.45) is 3.84. The highest BCUT2D eigenvalue weighted by Gasteiger charge is 2.19. The molecule has 3 aromatic heterocycles. The molecule has 0 radical (unpaired) electrons. The van der Waals surface area contributed by atoms with Crippen LogP contribution in [0.2, 0.25) is 0 Å². The van der Waals surface area contributed by atoms with E-state index in [1.807, 2.05) is 25.3 Å². The third-order valence-electron chi connectivity index (χ3n) is 4.82. The number of aromatic amines is 1. The molecule has 1 amide bonds. The Kier molecular flexibility index (Phi) is 7.42. The first-order valence-electron chi connectivity index (χ1n) is 10.4. The third-order valence-corrected chi connectivity index (χ3v) is 5.29. The standard InChI is InChI=1S/C21H27BrN6O3/c1-4-5-10-27-19-18(20(30)26-21(27)31)28(12-13(2)3)16(25-19)8-9-17(29)24-15-7-6-14(22)11-23-15/h6-7,11,13H,4-5,8-10,12H2,1-3H3,(H,23,24,29)(H,26,30,31). The van der Waals surface area contributed by atoms with Gasteiger partial charge in [0.1, 0.15) is 11.6 Å². The molecule has 9 nitrogen and oxygen atoms in total. The monoisotopic (exact) mass is 490 g/mol. The molecule has 0 aliphatic rings. The molecule has 3 heterocycles. The Bertz CT molecular complexity index is 1180. The second-order valence-corrected chi connectivity index (χ2v) is 8.79. The van der Waals surface area contributed by atoms with Gasteiger partial charge < -0.3 is 9.88 Å². The molecule has 2 N–H and O–H groups in total. The van der Waals surface area contributed by atoms with Gasteiger partial charge in [0, 0.05) is 36.6 Å². The molecule has 3 aromatic rings. The van der Waals surface area contributed by atoms with Crippen LogP contribution in [-0.2, 0) is 24.3 Å². The molecular formula is C21H27BrN6O3. The van der Waals surface area contributed by atoms with E-state index in [2.05, 4.69) is 36.2 Å². The SMILES string of the molecule is CCCCn1c(=O)[nH]c(=O)c2c1nc(CCC(=O)Nc1ccc(Br)cn1)n2CC(C)C. The van der Waals surface area contributed by atoms with Crippen LogP contribution >= 0.6 is 15.9 Å². The van der Waals surface area contributed by atoms with Gasteiger partial charge in [0.25, 0.3) is 5.56 Å². The maximum absolute atomic E-state index is 12.6. The second kappa shape index (κ2) is 10.0. The van der Waals surface area contributed by atoms with E-state index in [0.29, 0.717) is 42.3 Å². The minimum atomic E-state index is -0.453. The van der Waals surface area contributed by atoms with Crippen molar-refractivity contribution in [2.75, 3.05) is 5.32 Å². The van der Waals surface area contributed by atoms with Crippen molar-refractivity contribution in [2.45, 2.75) is 59.5 Å². The van der Waals surface area contributed by atoms with Crippen LogP contribution < -0.4 is 16.6 Å². The number of pyridine rings is 1. The quantitative estimate of drug-likeness (QED) is 0.478. The summed E-state index contributed by atoms with van der Waals surface area (Å²) >= 11 is 3.31. The van der Waals surface area contributed by atoms with Crippen molar-refractivity contribution < 1.29 is 4.79 Å². The van der Waals surface area contributed by atoms with E-state index in [9.17, 15) is 14.4 Å². The molecule has 0 saturated heterocycles. The maximum Gasteiger partial charge on any atom is 0.330 e. The molecule has 166 valence electrons. The van der Waals surface area contributed by atoms with E-state index in [0.717, 1.165) is 17.3 Å². The lowest BCUT2D eigenvalue weighted by atomic mass is 10.2. The molecule has 0 saturated carbocycles. The van der Waals surface area contributed by atoms with Gasteiger partial charge >= 0.3 is 5.69 Å². The predicted octanol–water partition coefficient (Wildman–Crippen LogP) is 3.07. The topological polar surface area (TPSA) is 115 Å². The summed E-state index contributed by atoms with van der Waals surface area (Å²) in [4.78, 5) is 48.6. The van der Waals surface area contributed by atoms with Crippen molar-refractivity contribution >= 4 is 38.8 Å². The summed E-state index contributed by atoms with van der Waals surface area (Å²) in [5, 5.41) is 2.76. The number of anilines is 1. The number of halogens is 1. The third kappa shape index (κ3) is 5.49. The first-order chi connectivity index (χ1) is 14.8. The molecule has 10 heteroatoms. The fourth-order valence-electron chi connectivity index (χ4n) is 3.37. The van der Waals surface area contributed by atoms with Crippen molar-refractivity contribution in [3.63, 3.8) is 0 Å². The van der Waals surface area contributed by atoms with Gasteiger partial charge in [-0.1, -0.05) is 27.2 Å². The molecule has 0 spiro atoms. The first-order valence-corrected chi connectivity index (χ1v) is 11.2. The number of fused-ring (bicyclic) bond motifs is 1. The number of hydrogen-bond acceptors (Lipinski definition) is 5. The van der Waals surface area contributed by atoms with Gasteiger partial charge in [-0.25, -0.2) is 14.8 Å². The first kappa shape index (κ1) is 22.9. The van der Waals surface area contributed by atoms with Crippen LogP contribution in [0.3, 0.4) is 0 Å². The Labute approximate surface area is 188 Å². The number of imidazole rings is 1. The molecule has 0 aliphatic carbocycles. The zero-order valence-corrected chi connectivity index (χ0v) is 19.5. The number of hydrogen-bond donors (Lipinski definition) is 2. The average Bonchev–Trinajstić information content (AvgIpc) is 3.06. The molecule has 0 aliphatic heterocycles. The predicted molar refractivity (Wildman–Crippen MR) is 123 cm³/mol. The van der Waals surface area contributed by atoms with Gasteiger partial charge in [-0.3, -0.25) is 19.1 Å². The highest BCUT2D eigenvalue weighted by Crippen LogP contribution is 2.17. The smallest absolute Gasteiger partial charge is 0.322 e. The Morgan fingerprint density at radius 3 is 2.68 bits per heavy atom. The van der Waals surface area contributed by atoms with Crippen LogP contribution in [0.15, 0.2) is 32.4 Å². The number of nitrogens with zero attached hydrogens (tertiary/aromatic N) is 4. The Balaban J connectivity index is 1.91. The minimum absolute atomic E-state index is 0.177. The molecule has 0 bridgehead atoms. The summed E-state index contributed by atoms with van der Waals surface area (Å²) in [7, 11) is 0. The average molecular weight is 491 g/mol. The number of carbonyl (C=O) groups is 1. The number of aryl methyl sites for hydroxylation is 2. The number of unbranched alkanes of at least 4 members (excludes halogenated alkanes) is 1. The number of aromatic nitrogens is 5. The highest BCUT2D eigenvalue weighted by atomic mass is 79.9. The molecule has 0 unspecified atom stereocenters. The number of nitrogens with one attached hydrogen (secondary N) is 2. The van der Waals surface area contributed by atoms with E-state index >= 15 is 0 Å². The van der Waals surface area contributed by atoms with Crippen LogP contribution in [0.25, 0.3) is 11.2 Å². The van der Waals surface area contributed by atoms with Crippen molar-refractivity contribution in [3.8, 4) is 0 Å². The van der Waals surface area contributed by atoms with E-state index in [-0.39, 0.29) is 18.2 Å². The van der Waals surface area contributed by atoms with Gasteiger partial charge in [-0.2, -0.15) is 0 Å². The van der Waals surface area contributed by atoms with Crippen molar-refractivity contribution in [2.24, 2.45) is 5.92 Å². The van der Waals surface area contributed by atoms with Gasteiger partial charge in [0.15, 0.2) is 11.2 Å². The van der Waals surface area contributed by atoms with Gasteiger partial charge in [-0.05, 0) is 40.4 Å². The van der Waals surface area contributed by atoms with Crippen molar-refractivity contribution in [1.82, 2.24) is 24.1 Å². The zero-order chi connectivity index (χ0) is 22.5. The fourth-order valence-corrected chi connectivity index (χ4v) is 3.61. The molecule has 0 atom stereocenters. The van der Waals surface area contributed by atoms with Crippen LogP contribution in [0.1, 0.15) is 45.9 Å². The van der Waals surface area contributed by atoms with E-state index in [4.69, 9.17) is 0 Å². The lowest BCUT2D eigenvalue weighted by molar-refractivity contribution is -0.116. The van der Waals surface area contributed by atoms with Crippen LogP contribution in [0, 0.1) is 5.92 Å². The summed E-state index contributed by atoms with van der Waals surface area (Å²) in [6.45, 7) is 7.18. The second-order valence-electron chi connectivity index (χ2n) is 7.88. The molecule has 0 aromatic carbocycles. The normalized spacial score (nSPS) is 11.4. The van der Waals surface area contributed by atoms with E-state index < -0.39 is 11.2 Å². The number of rotatable bonds is 9. The van der Waals surface area contributed by atoms with Crippen molar-refractivity contribution in [1.29, 1.82) is 0 Å². The molecule has 3 rings (SSSR count). The fraction of sp³-hybridized carbons (Fsp3) is 0.476. The number of carbonyl (C=O) groups excluding carboxylic acids is 1. The molecule has 31 heavy (non-hydrogen) atoms. The lowest BCUT2D eigenvalue weighted by Gasteiger charge is -2.11. The minimum Gasteiger partial charge on any atom is -0.322 e. The number of amides is 1. The maximum atomic E-state index is 12.6. The van der Waals surface area contributed by atoms with Crippen LogP contribution in [-0.4, -0.2) is 30.0 Å². The Morgan fingerprint density at radius 2 is 2.03 bits per heavy atom. The molecular weight excluding hydrogens is 464 g/mol. The summed E-state index contributed by atoms with van der Waals surface area (Å²) in [5.74, 6) is 1.14. The largest absolute Gasteiger partial charge is 0.330 e. The van der Waals surface area contributed by atoms with Gasteiger partial charge in [0.05, 0.1) is 0 Å². The van der Waals surface area contributed by atoms with Crippen LogP contribution in [0.4, 0.5) is 5.82 Å². The Hall–Kier alpha value is -2.75. The Morgan fingerprint density at radius 1 is 1.26 bits per heavy atom. The highest BCUT2D eigenvalue weighted by molar-refractivity contribution is 9.10. The van der Waals surface area contributed by atoms with Gasteiger partial charge in [-0.15, -0.1) is 0 Å². The zero-order valence-electron chi connectivity index (χ0n) is 17.9.